The molecule has 0 atom stereocenters. The zero-order valence-electron chi connectivity index (χ0n) is 12.0. The molecule has 1 aliphatic heterocycles. The fourth-order valence-corrected chi connectivity index (χ4v) is 1.98. The van der Waals surface area contributed by atoms with Crippen molar-refractivity contribution in [3.8, 4) is 12.5 Å². The van der Waals surface area contributed by atoms with Crippen LogP contribution in [0.4, 0.5) is 11.4 Å². The van der Waals surface area contributed by atoms with Crippen LogP contribution in [0.2, 0.25) is 0 Å². The Hall–Kier alpha value is -1.95. The highest BCUT2D eigenvalue weighted by molar-refractivity contribution is 5.81. The minimum atomic E-state index is 0.366. The summed E-state index contributed by atoms with van der Waals surface area (Å²) in [5, 5.41) is 0. The van der Waals surface area contributed by atoms with Gasteiger partial charge in [-0.1, -0.05) is 20.3 Å². The molecule has 0 saturated carbocycles. The molecular weight excluding hydrogens is 236 g/mol. The molecule has 19 heavy (non-hydrogen) atoms. The van der Waals surface area contributed by atoms with Crippen molar-refractivity contribution < 1.29 is 4.79 Å². The number of ketones is 1. The number of carbonyl (C=O) groups is 1. The first-order chi connectivity index (χ1) is 9.20. The molecule has 102 valence electrons. The highest BCUT2D eigenvalue weighted by Crippen LogP contribution is 2.22. The Labute approximate surface area is 116 Å². The minimum absolute atomic E-state index is 0.366. The van der Waals surface area contributed by atoms with E-state index in [-0.39, 0.29) is 0 Å². The van der Waals surface area contributed by atoms with Crippen molar-refractivity contribution in [1.82, 2.24) is 0 Å². The Bertz CT molecular complexity index is 435. The Balaban J connectivity index is 0.000000861. The maximum absolute atomic E-state index is 11.2. The zero-order chi connectivity index (χ0) is 14.3. The van der Waals surface area contributed by atoms with Crippen molar-refractivity contribution in [3.63, 3.8) is 0 Å². The molecule has 0 bridgehead atoms. The first-order valence-electron chi connectivity index (χ1n) is 6.77. The van der Waals surface area contributed by atoms with Gasteiger partial charge < -0.3 is 9.80 Å². The van der Waals surface area contributed by atoms with Crippen molar-refractivity contribution in [2.24, 2.45) is 0 Å². The van der Waals surface area contributed by atoms with Crippen LogP contribution < -0.4 is 9.80 Å². The molecule has 1 saturated heterocycles. The fourth-order valence-electron chi connectivity index (χ4n) is 1.98. The molecule has 3 nitrogen and oxygen atoms in total. The molecule has 0 aliphatic carbocycles. The fraction of sp³-hybridized carbons (Fsp3) is 0.438. The number of Topliss-reactive ketones (excluding diaryl/α,β-unsaturated/α-hetero) is 1. The largest absolute Gasteiger partial charge is 0.371 e. The average Bonchev–Trinajstić information content (AvgIpc) is 2.49. The molecule has 1 fully saturated rings. The van der Waals surface area contributed by atoms with Gasteiger partial charge >= 0.3 is 0 Å². The smallest absolute Gasteiger partial charge is 0.136 e. The van der Waals surface area contributed by atoms with Crippen molar-refractivity contribution in [3.05, 3.63) is 24.3 Å². The van der Waals surface area contributed by atoms with Gasteiger partial charge in [0.1, 0.15) is 5.78 Å². The van der Waals surface area contributed by atoms with Crippen LogP contribution in [0.3, 0.4) is 0 Å². The van der Waals surface area contributed by atoms with Gasteiger partial charge in [0.2, 0.25) is 0 Å². The molecule has 0 radical (unpaired) electrons. The number of hydrogen-bond donors (Lipinski definition) is 0. The monoisotopic (exact) mass is 258 g/mol. The standard InChI is InChI=1S/C14H16N2O.C2H6/c1-3-15(2)12-4-6-13(7-5-12)16-10-8-14(17)9-11-16;1-2/h1,4-7H,8-11H2,2H3;1-2H3. The molecule has 1 heterocycles. The van der Waals surface area contributed by atoms with E-state index < -0.39 is 0 Å². The van der Waals surface area contributed by atoms with Crippen LogP contribution in [-0.4, -0.2) is 25.9 Å². The Kier molecular flexibility index (Phi) is 5.95. The van der Waals surface area contributed by atoms with E-state index in [9.17, 15) is 4.79 Å². The first kappa shape index (κ1) is 15.1. The first-order valence-corrected chi connectivity index (χ1v) is 6.77. The molecule has 3 heteroatoms. The lowest BCUT2D eigenvalue weighted by Crippen LogP contribution is -2.33. The van der Waals surface area contributed by atoms with Crippen LogP contribution in [0.15, 0.2) is 24.3 Å². The van der Waals surface area contributed by atoms with E-state index in [0.717, 1.165) is 24.5 Å². The maximum atomic E-state index is 11.2. The predicted octanol–water partition coefficient (Wildman–Crippen LogP) is 2.91. The number of terminal acetylenes is 1. The second-order valence-electron chi connectivity index (χ2n) is 4.23. The molecule has 1 aromatic carbocycles. The van der Waals surface area contributed by atoms with E-state index in [2.05, 4.69) is 23.1 Å². The summed E-state index contributed by atoms with van der Waals surface area (Å²) in [5.74, 6) is 0.366. The van der Waals surface area contributed by atoms with Crippen LogP contribution in [0.5, 0.6) is 0 Å². The van der Waals surface area contributed by atoms with Crippen molar-refractivity contribution in [2.45, 2.75) is 26.7 Å². The highest BCUT2D eigenvalue weighted by Gasteiger charge is 2.16. The maximum Gasteiger partial charge on any atom is 0.136 e. The third-order valence-corrected chi connectivity index (χ3v) is 3.12. The van der Waals surface area contributed by atoms with E-state index in [4.69, 9.17) is 6.42 Å². The molecule has 0 spiro atoms. The van der Waals surface area contributed by atoms with E-state index in [1.807, 2.05) is 33.0 Å². The molecule has 0 amide bonds. The SMILES string of the molecule is C#CN(C)c1ccc(N2CCC(=O)CC2)cc1.CC. The summed E-state index contributed by atoms with van der Waals surface area (Å²) in [6.07, 6.45) is 6.65. The normalized spacial score (nSPS) is 14.2. The van der Waals surface area contributed by atoms with E-state index in [1.165, 1.54) is 0 Å². The quantitative estimate of drug-likeness (QED) is 0.602. The predicted molar refractivity (Wildman–Crippen MR) is 81.5 cm³/mol. The molecule has 2 rings (SSSR count). The summed E-state index contributed by atoms with van der Waals surface area (Å²) in [4.78, 5) is 15.1. The summed E-state index contributed by atoms with van der Waals surface area (Å²) in [7, 11) is 1.86. The molecule has 1 aliphatic rings. The number of nitrogens with zero attached hydrogens (tertiary/aromatic N) is 2. The molecule has 0 aromatic heterocycles. The number of rotatable bonds is 2. The number of carbonyl (C=O) groups excluding carboxylic acids is 1. The number of anilines is 2. The summed E-state index contributed by atoms with van der Waals surface area (Å²) in [5.41, 5.74) is 2.16. The van der Waals surface area contributed by atoms with Crippen LogP contribution in [-0.2, 0) is 4.79 Å². The van der Waals surface area contributed by atoms with Crippen molar-refractivity contribution >= 4 is 17.2 Å². The summed E-state index contributed by atoms with van der Waals surface area (Å²) >= 11 is 0. The third-order valence-electron chi connectivity index (χ3n) is 3.12. The van der Waals surface area contributed by atoms with Crippen molar-refractivity contribution in [1.29, 1.82) is 0 Å². The van der Waals surface area contributed by atoms with Crippen LogP contribution >= 0.6 is 0 Å². The van der Waals surface area contributed by atoms with Gasteiger partial charge in [0.25, 0.3) is 0 Å². The third kappa shape index (κ3) is 4.03. The van der Waals surface area contributed by atoms with E-state index in [1.54, 1.807) is 4.90 Å². The zero-order valence-corrected chi connectivity index (χ0v) is 12.0. The lowest BCUT2D eigenvalue weighted by molar-refractivity contribution is -0.119. The van der Waals surface area contributed by atoms with Crippen LogP contribution in [0, 0.1) is 12.5 Å². The number of piperidine rings is 1. The lowest BCUT2D eigenvalue weighted by atomic mass is 10.1. The van der Waals surface area contributed by atoms with Gasteiger partial charge in [-0.25, -0.2) is 0 Å². The molecule has 0 N–H and O–H groups in total. The van der Waals surface area contributed by atoms with Gasteiger partial charge in [-0.3, -0.25) is 4.79 Å². The van der Waals surface area contributed by atoms with Gasteiger partial charge in [0.05, 0.1) is 0 Å². The lowest BCUT2D eigenvalue weighted by Gasteiger charge is -2.28. The van der Waals surface area contributed by atoms with Gasteiger partial charge in [-0.05, 0) is 24.3 Å². The second-order valence-corrected chi connectivity index (χ2v) is 4.23. The van der Waals surface area contributed by atoms with Gasteiger partial charge in [0.15, 0.2) is 0 Å². The second kappa shape index (κ2) is 7.48. The summed E-state index contributed by atoms with van der Waals surface area (Å²) < 4.78 is 0. The molecular formula is C16H22N2O. The Morgan fingerprint density at radius 2 is 1.68 bits per heavy atom. The molecule has 0 unspecified atom stereocenters. The minimum Gasteiger partial charge on any atom is -0.371 e. The van der Waals surface area contributed by atoms with E-state index in [0.29, 0.717) is 18.6 Å². The van der Waals surface area contributed by atoms with E-state index >= 15 is 0 Å². The van der Waals surface area contributed by atoms with Crippen molar-refractivity contribution in [2.75, 3.05) is 29.9 Å². The summed E-state index contributed by atoms with van der Waals surface area (Å²) in [6, 6.07) is 10.7. The summed E-state index contributed by atoms with van der Waals surface area (Å²) in [6.45, 7) is 5.65. The van der Waals surface area contributed by atoms with Gasteiger partial charge in [-0.2, -0.15) is 0 Å². The number of hydrogen-bond acceptors (Lipinski definition) is 3. The highest BCUT2D eigenvalue weighted by atomic mass is 16.1. The van der Waals surface area contributed by atoms with Gasteiger partial charge in [0, 0.05) is 50.4 Å². The average molecular weight is 258 g/mol. The topological polar surface area (TPSA) is 23.6 Å². The van der Waals surface area contributed by atoms with Crippen LogP contribution in [0.25, 0.3) is 0 Å². The van der Waals surface area contributed by atoms with Crippen LogP contribution in [0.1, 0.15) is 26.7 Å². The Morgan fingerprint density at radius 3 is 2.16 bits per heavy atom. The van der Waals surface area contributed by atoms with Gasteiger partial charge in [-0.15, -0.1) is 0 Å². The molecule has 1 aromatic rings. The number of benzene rings is 1. The Morgan fingerprint density at radius 1 is 1.16 bits per heavy atom.